The molecule has 0 atom stereocenters. The van der Waals surface area contributed by atoms with E-state index < -0.39 is 6.03 Å². The van der Waals surface area contributed by atoms with E-state index in [1.54, 1.807) is 11.3 Å². The summed E-state index contributed by atoms with van der Waals surface area (Å²) in [6.07, 6.45) is 0. The number of rotatable bonds is 5. The Morgan fingerprint density at radius 1 is 1.12 bits per heavy atom. The SMILES string of the molecule is O=C(CN1CCN(c2cccc(Cl)c2)CC1)NC(=O)NCc1cccs1. The maximum Gasteiger partial charge on any atom is 0.321 e. The fourth-order valence-electron chi connectivity index (χ4n) is 2.83. The fourth-order valence-corrected chi connectivity index (χ4v) is 3.66. The first-order valence-corrected chi connectivity index (χ1v) is 9.69. The number of thiophene rings is 1. The average Bonchev–Trinajstić information content (AvgIpc) is 3.14. The van der Waals surface area contributed by atoms with Gasteiger partial charge in [0.05, 0.1) is 13.1 Å². The second-order valence-electron chi connectivity index (χ2n) is 6.05. The summed E-state index contributed by atoms with van der Waals surface area (Å²) in [6, 6.07) is 11.2. The van der Waals surface area contributed by atoms with Gasteiger partial charge in [-0.05, 0) is 29.6 Å². The van der Waals surface area contributed by atoms with Gasteiger partial charge in [-0.3, -0.25) is 15.0 Å². The van der Waals surface area contributed by atoms with E-state index >= 15 is 0 Å². The van der Waals surface area contributed by atoms with Crippen LogP contribution in [0.15, 0.2) is 41.8 Å². The number of nitrogens with zero attached hydrogens (tertiary/aromatic N) is 2. The van der Waals surface area contributed by atoms with Crippen LogP contribution in [0.25, 0.3) is 0 Å². The zero-order valence-electron chi connectivity index (χ0n) is 14.3. The standard InChI is InChI=1S/C18H21ClN4O2S/c19-14-3-1-4-15(11-14)23-8-6-22(7-9-23)13-17(24)21-18(25)20-12-16-5-2-10-26-16/h1-5,10-11H,6-9,12-13H2,(H2,20,21,24,25). The van der Waals surface area contributed by atoms with Gasteiger partial charge in [0.1, 0.15) is 0 Å². The van der Waals surface area contributed by atoms with Crippen LogP contribution < -0.4 is 15.5 Å². The molecule has 0 spiro atoms. The third-order valence-electron chi connectivity index (χ3n) is 4.17. The van der Waals surface area contributed by atoms with Crippen LogP contribution in [0.3, 0.4) is 0 Å². The summed E-state index contributed by atoms with van der Waals surface area (Å²) < 4.78 is 0. The van der Waals surface area contributed by atoms with Gasteiger partial charge in [-0.1, -0.05) is 23.7 Å². The van der Waals surface area contributed by atoms with Gasteiger partial charge in [0.2, 0.25) is 5.91 Å². The van der Waals surface area contributed by atoms with Gasteiger partial charge in [-0.15, -0.1) is 11.3 Å². The van der Waals surface area contributed by atoms with E-state index in [0.717, 1.165) is 41.8 Å². The number of nitrogens with one attached hydrogen (secondary N) is 2. The smallest absolute Gasteiger partial charge is 0.321 e. The van der Waals surface area contributed by atoms with Gasteiger partial charge in [-0.25, -0.2) is 4.79 Å². The van der Waals surface area contributed by atoms with Gasteiger partial charge in [0.25, 0.3) is 0 Å². The van der Waals surface area contributed by atoms with Crippen LogP contribution in [-0.4, -0.2) is 49.6 Å². The maximum atomic E-state index is 12.0. The van der Waals surface area contributed by atoms with Gasteiger partial charge >= 0.3 is 6.03 Å². The minimum atomic E-state index is -0.457. The molecule has 6 nitrogen and oxygen atoms in total. The summed E-state index contributed by atoms with van der Waals surface area (Å²) in [7, 11) is 0. The normalized spacial score (nSPS) is 14.9. The highest BCUT2D eigenvalue weighted by molar-refractivity contribution is 7.09. The summed E-state index contributed by atoms with van der Waals surface area (Å²) in [6.45, 7) is 3.80. The van der Waals surface area contributed by atoms with E-state index in [1.807, 2.05) is 46.7 Å². The van der Waals surface area contributed by atoms with Gasteiger partial charge in [0, 0.05) is 41.8 Å². The highest BCUT2D eigenvalue weighted by Gasteiger charge is 2.20. The van der Waals surface area contributed by atoms with Crippen LogP contribution in [0.2, 0.25) is 5.02 Å². The number of hydrogen-bond acceptors (Lipinski definition) is 5. The highest BCUT2D eigenvalue weighted by Crippen LogP contribution is 2.20. The van der Waals surface area contributed by atoms with Gasteiger partial charge < -0.3 is 10.2 Å². The number of imide groups is 1. The molecule has 26 heavy (non-hydrogen) atoms. The van der Waals surface area contributed by atoms with E-state index in [9.17, 15) is 9.59 Å². The lowest BCUT2D eigenvalue weighted by atomic mass is 10.2. The molecule has 1 aliphatic heterocycles. The van der Waals surface area contributed by atoms with Crippen molar-refractivity contribution in [2.75, 3.05) is 37.6 Å². The van der Waals surface area contributed by atoms with Gasteiger partial charge in [0.15, 0.2) is 0 Å². The molecular formula is C18H21ClN4O2S. The monoisotopic (exact) mass is 392 g/mol. The van der Waals surface area contributed by atoms with E-state index in [1.165, 1.54) is 0 Å². The van der Waals surface area contributed by atoms with E-state index in [0.29, 0.717) is 6.54 Å². The highest BCUT2D eigenvalue weighted by atomic mass is 35.5. The molecule has 3 amide bonds. The number of anilines is 1. The lowest BCUT2D eigenvalue weighted by molar-refractivity contribution is -0.121. The van der Waals surface area contributed by atoms with E-state index in [-0.39, 0.29) is 12.5 Å². The Morgan fingerprint density at radius 3 is 2.62 bits per heavy atom. The maximum absolute atomic E-state index is 12.0. The van der Waals surface area contributed by atoms with Crippen molar-refractivity contribution in [1.29, 1.82) is 0 Å². The van der Waals surface area contributed by atoms with Crippen molar-refractivity contribution in [3.8, 4) is 0 Å². The zero-order chi connectivity index (χ0) is 18.4. The number of piperazine rings is 1. The Morgan fingerprint density at radius 2 is 1.92 bits per heavy atom. The van der Waals surface area contributed by atoms with Crippen LogP contribution in [0.4, 0.5) is 10.5 Å². The van der Waals surface area contributed by atoms with Crippen LogP contribution in [-0.2, 0) is 11.3 Å². The molecule has 0 aliphatic carbocycles. The molecule has 0 radical (unpaired) electrons. The number of halogens is 1. The molecule has 1 saturated heterocycles. The molecule has 138 valence electrons. The van der Waals surface area contributed by atoms with Gasteiger partial charge in [-0.2, -0.15) is 0 Å². The molecular weight excluding hydrogens is 372 g/mol. The second-order valence-corrected chi connectivity index (χ2v) is 7.52. The topological polar surface area (TPSA) is 64.7 Å². The molecule has 0 unspecified atom stereocenters. The average molecular weight is 393 g/mol. The lowest BCUT2D eigenvalue weighted by Crippen LogP contribution is -2.51. The Labute approximate surface area is 161 Å². The number of carbonyl (C=O) groups excluding carboxylic acids is 2. The third-order valence-corrected chi connectivity index (χ3v) is 5.28. The van der Waals surface area contributed by atoms with Crippen molar-refractivity contribution < 1.29 is 9.59 Å². The zero-order valence-corrected chi connectivity index (χ0v) is 15.9. The van der Waals surface area contributed by atoms with E-state index in [2.05, 4.69) is 15.5 Å². The number of amides is 3. The molecule has 8 heteroatoms. The van der Waals surface area contributed by atoms with Crippen molar-refractivity contribution in [2.45, 2.75) is 6.54 Å². The third kappa shape index (κ3) is 5.45. The van der Waals surface area contributed by atoms with Crippen LogP contribution in [0.5, 0.6) is 0 Å². The Hall–Kier alpha value is -2.09. The second kappa shape index (κ2) is 9.02. The molecule has 1 aliphatic rings. The van der Waals surface area contributed by atoms with Crippen molar-refractivity contribution in [3.05, 3.63) is 51.7 Å². The Balaban J connectivity index is 1.38. The minimum Gasteiger partial charge on any atom is -0.369 e. The quantitative estimate of drug-likeness (QED) is 0.820. The van der Waals surface area contributed by atoms with Crippen molar-refractivity contribution in [3.63, 3.8) is 0 Å². The van der Waals surface area contributed by atoms with Crippen molar-refractivity contribution >= 4 is 40.6 Å². The first kappa shape index (κ1) is 18.7. The largest absolute Gasteiger partial charge is 0.369 e. The first-order valence-electron chi connectivity index (χ1n) is 8.43. The predicted octanol–water partition coefficient (Wildman–Crippen LogP) is 2.55. The molecule has 1 aromatic heterocycles. The molecule has 3 rings (SSSR count). The van der Waals surface area contributed by atoms with Crippen LogP contribution >= 0.6 is 22.9 Å². The molecule has 2 aromatic rings. The summed E-state index contributed by atoms with van der Waals surface area (Å²) in [4.78, 5) is 29.2. The molecule has 0 bridgehead atoms. The number of hydrogen-bond donors (Lipinski definition) is 2. The Kier molecular flexibility index (Phi) is 6.49. The number of urea groups is 1. The number of benzene rings is 1. The molecule has 2 N–H and O–H groups in total. The summed E-state index contributed by atoms with van der Waals surface area (Å²) in [5, 5.41) is 7.74. The predicted molar refractivity (Wildman–Crippen MR) is 105 cm³/mol. The summed E-state index contributed by atoms with van der Waals surface area (Å²) in [5.74, 6) is -0.287. The molecule has 1 fully saturated rings. The van der Waals surface area contributed by atoms with Crippen LogP contribution in [0, 0.1) is 0 Å². The summed E-state index contributed by atoms with van der Waals surface area (Å²) >= 11 is 7.60. The molecule has 1 aromatic carbocycles. The Bertz CT molecular complexity index is 745. The van der Waals surface area contributed by atoms with Crippen molar-refractivity contribution in [1.82, 2.24) is 15.5 Å². The molecule has 0 saturated carbocycles. The summed E-state index contributed by atoms with van der Waals surface area (Å²) in [5.41, 5.74) is 1.09. The fraction of sp³-hybridized carbons (Fsp3) is 0.333. The first-order chi connectivity index (χ1) is 12.6. The van der Waals surface area contributed by atoms with E-state index in [4.69, 9.17) is 11.6 Å². The molecule has 2 heterocycles. The lowest BCUT2D eigenvalue weighted by Gasteiger charge is -2.35. The van der Waals surface area contributed by atoms with Crippen molar-refractivity contribution in [2.24, 2.45) is 0 Å². The number of carbonyl (C=O) groups is 2. The van der Waals surface area contributed by atoms with Crippen LogP contribution in [0.1, 0.15) is 4.88 Å². The minimum absolute atomic E-state index is 0.218.